The number of thiophene rings is 1. The fraction of sp³-hybridized carbons (Fsp3) is 0.333. The summed E-state index contributed by atoms with van der Waals surface area (Å²) in [5.41, 5.74) is 2.47. The molecule has 1 unspecified atom stereocenters. The predicted molar refractivity (Wildman–Crippen MR) is 92.8 cm³/mol. The Morgan fingerprint density at radius 3 is 2.45 bits per heavy atom. The molecule has 0 radical (unpaired) electrons. The average molecular weight is 419 g/mol. The van der Waals surface area contributed by atoms with Crippen LogP contribution in [0.25, 0.3) is 0 Å². The van der Waals surface area contributed by atoms with E-state index in [-0.39, 0.29) is 6.04 Å². The highest BCUT2D eigenvalue weighted by Gasteiger charge is 2.17. The highest BCUT2D eigenvalue weighted by molar-refractivity contribution is 9.12. The molecule has 1 heterocycles. The van der Waals surface area contributed by atoms with Crippen molar-refractivity contribution in [3.63, 3.8) is 0 Å². The first-order chi connectivity index (χ1) is 9.65. The SMILES string of the molecule is CCCOc1ccc(C(NC)c2cc(Br)sc2Br)cc1. The average Bonchev–Trinajstić information content (AvgIpc) is 2.78. The lowest BCUT2D eigenvalue weighted by molar-refractivity contribution is 0.317. The zero-order valence-corrected chi connectivity index (χ0v) is 15.4. The van der Waals surface area contributed by atoms with Crippen molar-refractivity contribution in [2.24, 2.45) is 0 Å². The van der Waals surface area contributed by atoms with Crippen molar-refractivity contribution in [1.82, 2.24) is 5.32 Å². The molecule has 5 heteroatoms. The van der Waals surface area contributed by atoms with Gasteiger partial charge in [-0.2, -0.15) is 0 Å². The molecule has 1 aromatic heterocycles. The maximum Gasteiger partial charge on any atom is 0.119 e. The van der Waals surface area contributed by atoms with E-state index in [0.29, 0.717) is 0 Å². The van der Waals surface area contributed by atoms with Gasteiger partial charge in [0.2, 0.25) is 0 Å². The Morgan fingerprint density at radius 1 is 1.25 bits per heavy atom. The maximum absolute atomic E-state index is 5.62. The summed E-state index contributed by atoms with van der Waals surface area (Å²) in [6.45, 7) is 2.87. The first-order valence-electron chi connectivity index (χ1n) is 6.50. The molecule has 0 saturated heterocycles. The van der Waals surface area contributed by atoms with E-state index in [2.05, 4.69) is 62.3 Å². The van der Waals surface area contributed by atoms with Crippen LogP contribution in [0, 0.1) is 0 Å². The maximum atomic E-state index is 5.62. The third-order valence-corrected chi connectivity index (χ3v) is 5.35. The number of ether oxygens (including phenoxy) is 1. The Balaban J connectivity index is 2.21. The number of hydrogen-bond donors (Lipinski definition) is 1. The van der Waals surface area contributed by atoms with Crippen molar-refractivity contribution in [1.29, 1.82) is 0 Å². The molecule has 0 spiro atoms. The Hall–Kier alpha value is -0.360. The molecular formula is C15H17Br2NOS. The molecule has 0 amide bonds. The lowest BCUT2D eigenvalue weighted by Gasteiger charge is -2.17. The van der Waals surface area contributed by atoms with E-state index in [1.807, 2.05) is 19.2 Å². The summed E-state index contributed by atoms with van der Waals surface area (Å²) in [7, 11) is 1.98. The fourth-order valence-corrected chi connectivity index (χ4v) is 4.93. The molecule has 20 heavy (non-hydrogen) atoms. The third-order valence-electron chi connectivity index (χ3n) is 2.97. The topological polar surface area (TPSA) is 21.3 Å². The van der Waals surface area contributed by atoms with Crippen molar-refractivity contribution in [3.8, 4) is 5.75 Å². The molecule has 0 aliphatic carbocycles. The van der Waals surface area contributed by atoms with Gasteiger partial charge in [-0.3, -0.25) is 0 Å². The van der Waals surface area contributed by atoms with Gasteiger partial charge in [-0.25, -0.2) is 0 Å². The van der Waals surface area contributed by atoms with Crippen LogP contribution in [0.5, 0.6) is 5.75 Å². The molecule has 2 aromatic rings. The second-order valence-corrected chi connectivity index (χ2v) is 8.17. The normalized spacial score (nSPS) is 12.4. The molecule has 1 aromatic carbocycles. The molecule has 2 nitrogen and oxygen atoms in total. The van der Waals surface area contributed by atoms with E-state index in [1.54, 1.807) is 11.3 Å². The van der Waals surface area contributed by atoms with Crippen molar-refractivity contribution in [2.45, 2.75) is 19.4 Å². The molecule has 1 atom stereocenters. The van der Waals surface area contributed by atoms with Crippen LogP contribution in [0.15, 0.2) is 37.9 Å². The van der Waals surface area contributed by atoms with Crippen molar-refractivity contribution >= 4 is 43.2 Å². The van der Waals surface area contributed by atoms with Gasteiger partial charge in [-0.15, -0.1) is 11.3 Å². The molecule has 0 aliphatic heterocycles. The van der Waals surface area contributed by atoms with Crippen LogP contribution >= 0.6 is 43.2 Å². The molecule has 0 saturated carbocycles. The number of rotatable bonds is 6. The minimum Gasteiger partial charge on any atom is -0.494 e. The van der Waals surface area contributed by atoms with E-state index >= 15 is 0 Å². The first kappa shape index (κ1) is 16.0. The van der Waals surface area contributed by atoms with Gasteiger partial charge in [0.1, 0.15) is 5.75 Å². The predicted octanol–water partition coefficient (Wildman–Crippen LogP) is 5.37. The fourth-order valence-electron chi connectivity index (χ4n) is 2.03. The second-order valence-electron chi connectivity index (χ2n) is 4.42. The quantitative estimate of drug-likeness (QED) is 0.680. The van der Waals surface area contributed by atoms with Gasteiger partial charge in [0, 0.05) is 0 Å². The summed E-state index contributed by atoms with van der Waals surface area (Å²) in [4.78, 5) is 0. The summed E-state index contributed by atoms with van der Waals surface area (Å²) in [6, 6.07) is 10.6. The summed E-state index contributed by atoms with van der Waals surface area (Å²) in [5.74, 6) is 0.927. The van der Waals surface area contributed by atoms with Gasteiger partial charge in [0.15, 0.2) is 0 Å². The van der Waals surface area contributed by atoms with Crippen LogP contribution in [0.2, 0.25) is 0 Å². The Morgan fingerprint density at radius 2 is 1.95 bits per heavy atom. The zero-order valence-electron chi connectivity index (χ0n) is 11.5. The van der Waals surface area contributed by atoms with Crippen LogP contribution < -0.4 is 10.1 Å². The number of halogens is 2. The monoisotopic (exact) mass is 417 g/mol. The third kappa shape index (κ3) is 3.85. The van der Waals surface area contributed by atoms with Crippen molar-refractivity contribution < 1.29 is 4.74 Å². The summed E-state index contributed by atoms with van der Waals surface area (Å²) in [5, 5.41) is 3.37. The number of nitrogens with one attached hydrogen (secondary N) is 1. The Kier molecular flexibility index (Phi) is 6.08. The Labute approximate surface area is 140 Å². The van der Waals surface area contributed by atoms with Gasteiger partial charge in [0.05, 0.1) is 20.2 Å². The van der Waals surface area contributed by atoms with Gasteiger partial charge in [-0.05, 0) is 74.7 Å². The smallest absolute Gasteiger partial charge is 0.119 e. The molecule has 1 N–H and O–H groups in total. The van der Waals surface area contributed by atoms with Crippen LogP contribution in [-0.4, -0.2) is 13.7 Å². The van der Waals surface area contributed by atoms with E-state index in [1.165, 1.54) is 11.1 Å². The molecule has 0 aliphatic rings. The van der Waals surface area contributed by atoms with Gasteiger partial charge < -0.3 is 10.1 Å². The molecular weight excluding hydrogens is 402 g/mol. The van der Waals surface area contributed by atoms with Crippen molar-refractivity contribution in [3.05, 3.63) is 49.0 Å². The van der Waals surface area contributed by atoms with Gasteiger partial charge in [0.25, 0.3) is 0 Å². The second kappa shape index (κ2) is 7.59. The molecule has 0 bridgehead atoms. The zero-order chi connectivity index (χ0) is 14.5. The molecule has 0 fully saturated rings. The number of benzene rings is 1. The summed E-state index contributed by atoms with van der Waals surface area (Å²) < 4.78 is 7.90. The summed E-state index contributed by atoms with van der Waals surface area (Å²) in [6.07, 6.45) is 1.02. The number of hydrogen-bond acceptors (Lipinski definition) is 3. The van der Waals surface area contributed by atoms with Crippen LogP contribution in [0.3, 0.4) is 0 Å². The van der Waals surface area contributed by atoms with E-state index in [0.717, 1.165) is 26.4 Å². The Bertz CT molecular complexity index is 554. The van der Waals surface area contributed by atoms with Crippen LogP contribution in [0.1, 0.15) is 30.5 Å². The van der Waals surface area contributed by atoms with E-state index < -0.39 is 0 Å². The molecule has 108 valence electrons. The van der Waals surface area contributed by atoms with E-state index in [9.17, 15) is 0 Å². The first-order valence-corrected chi connectivity index (χ1v) is 8.90. The highest BCUT2D eigenvalue weighted by Crippen LogP contribution is 2.37. The van der Waals surface area contributed by atoms with Gasteiger partial charge >= 0.3 is 0 Å². The largest absolute Gasteiger partial charge is 0.494 e. The minimum atomic E-state index is 0.173. The van der Waals surface area contributed by atoms with Gasteiger partial charge in [-0.1, -0.05) is 19.1 Å². The van der Waals surface area contributed by atoms with Crippen LogP contribution in [-0.2, 0) is 0 Å². The van der Waals surface area contributed by atoms with E-state index in [4.69, 9.17) is 4.74 Å². The molecule has 2 rings (SSSR count). The van der Waals surface area contributed by atoms with Crippen LogP contribution in [0.4, 0.5) is 0 Å². The standard InChI is InChI=1S/C15H17Br2NOS/c1-3-8-19-11-6-4-10(5-7-11)14(18-2)12-9-13(16)20-15(12)17/h4-7,9,14,18H,3,8H2,1-2H3. The lowest BCUT2D eigenvalue weighted by atomic mass is 10.0. The van der Waals surface area contributed by atoms with Crippen molar-refractivity contribution in [2.75, 3.05) is 13.7 Å². The summed E-state index contributed by atoms with van der Waals surface area (Å²) >= 11 is 8.85. The highest BCUT2D eigenvalue weighted by atomic mass is 79.9. The minimum absolute atomic E-state index is 0.173. The lowest BCUT2D eigenvalue weighted by Crippen LogP contribution is -2.17.